The summed E-state index contributed by atoms with van der Waals surface area (Å²) >= 11 is 0. The number of nitrogens with zero attached hydrogens (tertiary/aromatic N) is 1. The van der Waals surface area contributed by atoms with E-state index >= 15 is 0 Å². The molecule has 1 aromatic rings. The summed E-state index contributed by atoms with van der Waals surface area (Å²) in [6, 6.07) is 3.72. The van der Waals surface area contributed by atoms with Gasteiger partial charge in [-0.25, -0.2) is 0 Å². The summed E-state index contributed by atoms with van der Waals surface area (Å²) in [6.07, 6.45) is 1.99. The normalized spacial score (nSPS) is 26.7. The number of rotatable bonds is 2. The quantitative estimate of drug-likeness (QED) is 0.749. The number of furan rings is 1. The third-order valence-electron chi connectivity index (χ3n) is 2.86. The zero-order chi connectivity index (χ0) is 10.8. The van der Waals surface area contributed by atoms with Gasteiger partial charge in [0.15, 0.2) is 17.9 Å². The van der Waals surface area contributed by atoms with Gasteiger partial charge in [-0.15, -0.1) is 0 Å². The second-order valence-electron chi connectivity index (χ2n) is 4.01. The van der Waals surface area contributed by atoms with Gasteiger partial charge in [-0.1, -0.05) is 0 Å². The van der Waals surface area contributed by atoms with Gasteiger partial charge >= 0.3 is 0 Å². The fourth-order valence-corrected chi connectivity index (χ4v) is 2.03. The van der Waals surface area contributed by atoms with Crippen LogP contribution in [0.1, 0.15) is 30.3 Å². The minimum Gasteiger partial charge on any atom is -0.438 e. The molecule has 1 saturated heterocycles. The van der Waals surface area contributed by atoms with E-state index in [0.29, 0.717) is 12.0 Å². The predicted octanol–water partition coefficient (Wildman–Crippen LogP) is 1.44. The number of hydrogen-bond donors (Lipinski definition) is 1. The molecule has 1 aliphatic rings. The molecule has 2 rings (SSSR count). The molecule has 82 valence electrons. The Morgan fingerprint density at radius 1 is 1.60 bits per heavy atom. The van der Waals surface area contributed by atoms with Crippen LogP contribution in [0.25, 0.3) is 0 Å². The SMILES string of the molecule is CC1CC(O)CCN1c1ccc(C=O)o1. The van der Waals surface area contributed by atoms with Crippen molar-refractivity contribution in [1.82, 2.24) is 0 Å². The van der Waals surface area contributed by atoms with Gasteiger partial charge in [0.2, 0.25) is 0 Å². The highest BCUT2D eigenvalue weighted by atomic mass is 16.4. The highest BCUT2D eigenvalue weighted by Gasteiger charge is 2.25. The van der Waals surface area contributed by atoms with Crippen molar-refractivity contribution in [2.75, 3.05) is 11.4 Å². The first-order valence-electron chi connectivity index (χ1n) is 5.20. The van der Waals surface area contributed by atoms with Gasteiger partial charge in [0.25, 0.3) is 0 Å². The standard InChI is InChI=1S/C11H15NO3/c1-8-6-9(14)4-5-12(8)11-3-2-10(7-13)15-11/h2-3,7-9,14H,4-6H2,1H3. The maximum Gasteiger partial charge on any atom is 0.196 e. The van der Waals surface area contributed by atoms with E-state index in [9.17, 15) is 9.90 Å². The number of aldehydes is 1. The molecule has 2 atom stereocenters. The molecule has 0 amide bonds. The summed E-state index contributed by atoms with van der Waals surface area (Å²) in [4.78, 5) is 12.6. The average Bonchev–Trinajstić information content (AvgIpc) is 2.66. The molecule has 1 fully saturated rings. The number of piperidine rings is 1. The van der Waals surface area contributed by atoms with Gasteiger partial charge in [-0.2, -0.15) is 0 Å². The van der Waals surface area contributed by atoms with Crippen LogP contribution in [0.3, 0.4) is 0 Å². The van der Waals surface area contributed by atoms with Crippen molar-refractivity contribution in [3.05, 3.63) is 17.9 Å². The molecule has 4 nitrogen and oxygen atoms in total. The van der Waals surface area contributed by atoms with Crippen LogP contribution in [0.4, 0.5) is 5.88 Å². The second-order valence-corrected chi connectivity index (χ2v) is 4.01. The van der Waals surface area contributed by atoms with E-state index in [1.54, 1.807) is 12.1 Å². The van der Waals surface area contributed by atoms with E-state index in [0.717, 1.165) is 25.3 Å². The molecule has 0 bridgehead atoms. The van der Waals surface area contributed by atoms with Crippen LogP contribution in [0, 0.1) is 0 Å². The first kappa shape index (κ1) is 10.2. The lowest BCUT2D eigenvalue weighted by Gasteiger charge is -2.35. The van der Waals surface area contributed by atoms with Crippen LogP contribution < -0.4 is 4.90 Å². The lowest BCUT2D eigenvalue weighted by molar-refractivity contribution is 0.109. The first-order valence-corrected chi connectivity index (χ1v) is 5.20. The molecule has 4 heteroatoms. The Hall–Kier alpha value is -1.29. The summed E-state index contributed by atoms with van der Waals surface area (Å²) in [6.45, 7) is 2.82. The van der Waals surface area contributed by atoms with Crippen molar-refractivity contribution in [1.29, 1.82) is 0 Å². The van der Waals surface area contributed by atoms with E-state index in [1.165, 1.54) is 0 Å². The van der Waals surface area contributed by atoms with Gasteiger partial charge in [0.1, 0.15) is 0 Å². The summed E-state index contributed by atoms with van der Waals surface area (Å²) in [7, 11) is 0. The largest absolute Gasteiger partial charge is 0.438 e. The van der Waals surface area contributed by atoms with Crippen LogP contribution >= 0.6 is 0 Å². The van der Waals surface area contributed by atoms with Gasteiger partial charge in [0, 0.05) is 18.7 Å². The molecule has 0 spiro atoms. The fourth-order valence-electron chi connectivity index (χ4n) is 2.03. The molecule has 0 radical (unpaired) electrons. The summed E-state index contributed by atoms with van der Waals surface area (Å²) in [5.74, 6) is 1.07. The molecule has 15 heavy (non-hydrogen) atoms. The topological polar surface area (TPSA) is 53.7 Å². The molecular weight excluding hydrogens is 194 g/mol. The number of hydrogen-bond acceptors (Lipinski definition) is 4. The van der Waals surface area contributed by atoms with Crippen LogP contribution in [-0.2, 0) is 0 Å². The minimum absolute atomic E-state index is 0.211. The molecule has 2 unspecified atom stereocenters. The molecule has 1 N–H and O–H groups in total. The first-order chi connectivity index (χ1) is 7.20. The Morgan fingerprint density at radius 3 is 3.00 bits per heavy atom. The van der Waals surface area contributed by atoms with E-state index in [2.05, 4.69) is 4.90 Å². The van der Waals surface area contributed by atoms with Crippen molar-refractivity contribution in [2.45, 2.75) is 31.9 Å². The summed E-state index contributed by atoms with van der Waals surface area (Å²) < 4.78 is 5.35. The van der Waals surface area contributed by atoms with E-state index in [4.69, 9.17) is 4.42 Å². The van der Waals surface area contributed by atoms with Gasteiger partial charge in [-0.3, -0.25) is 4.79 Å². The predicted molar refractivity (Wildman–Crippen MR) is 56.1 cm³/mol. The Bertz CT molecular complexity index is 347. The van der Waals surface area contributed by atoms with E-state index in [1.807, 2.05) is 6.92 Å². The number of aliphatic hydroxyl groups is 1. The maximum atomic E-state index is 10.5. The third-order valence-corrected chi connectivity index (χ3v) is 2.86. The zero-order valence-electron chi connectivity index (χ0n) is 8.72. The monoisotopic (exact) mass is 209 g/mol. The number of carbonyl (C=O) groups is 1. The van der Waals surface area contributed by atoms with Gasteiger partial charge in [0.05, 0.1) is 6.10 Å². The minimum atomic E-state index is -0.211. The molecule has 2 heterocycles. The van der Waals surface area contributed by atoms with E-state index < -0.39 is 0 Å². The Labute approximate surface area is 88.5 Å². The molecule has 0 aromatic carbocycles. The van der Waals surface area contributed by atoms with Crippen LogP contribution in [-0.4, -0.2) is 30.1 Å². The van der Waals surface area contributed by atoms with Crippen LogP contribution in [0.15, 0.2) is 16.5 Å². The maximum absolute atomic E-state index is 10.5. The highest BCUT2D eigenvalue weighted by Crippen LogP contribution is 2.26. The summed E-state index contributed by atoms with van der Waals surface area (Å²) in [5.41, 5.74) is 0. The molecular formula is C11H15NO3. The van der Waals surface area contributed by atoms with Gasteiger partial charge < -0.3 is 14.4 Å². The van der Waals surface area contributed by atoms with Gasteiger partial charge in [-0.05, 0) is 25.8 Å². The Balaban J connectivity index is 2.12. The van der Waals surface area contributed by atoms with Crippen molar-refractivity contribution < 1.29 is 14.3 Å². The highest BCUT2D eigenvalue weighted by molar-refractivity contribution is 5.71. The van der Waals surface area contributed by atoms with Crippen LogP contribution in [0.2, 0.25) is 0 Å². The van der Waals surface area contributed by atoms with Crippen molar-refractivity contribution in [3.63, 3.8) is 0 Å². The molecule has 1 aromatic heterocycles. The zero-order valence-corrected chi connectivity index (χ0v) is 8.72. The number of carbonyl (C=O) groups excluding carboxylic acids is 1. The van der Waals surface area contributed by atoms with Crippen molar-refractivity contribution >= 4 is 12.2 Å². The number of anilines is 1. The van der Waals surface area contributed by atoms with Crippen molar-refractivity contribution in [3.8, 4) is 0 Å². The molecule has 0 aliphatic carbocycles. The van der Waals surface area contributed by atoms with E-state index in [-0.39, 0.29) is 12.1 Å². The van der Waals surface area contributed by atoms with Crippen LogP contribution in [0.5, 0.6) is 0 Å². The Kier molecular flexibility index (Phi) is 2.77. The number of aliphatic hydroxyl groups excluding tert-OH is 1. The second kappa shape index (κ2) is 4.06. The Morgan fingerprint density at radius 2 is 2.40 bits per heavy atom. The molecule has 1 aliphatic heterocycles. The van der Waals surface area contributed by atoms with Crippen molar-refractivity contribution in [2.24, 2.45) is 0 Å². The summed E-state index contributed by atoms with van der Waals surface area (Å²) in [5, 5.41) is 9.48. The fraction of sp³-hybridized carbons (Fsp3) is 0.545. The lowest BCUT2D eigenvalue weighted by Crippen LogP contribution is -2.42. The molecule has 0 saturated carbocycles. The average molecular weight is 209 g/mol. The third kappa shape index (κ3) is 2.04. The smallest absolute Gasteiger partial charge is 0.196 e. The lowest BCUT2D eigenvalue weighted by atomic mass is 10.0.